The van der Waals surface area contributed by atoms with E-state index in [4.69, 9.17) is 10.5 Å². The molecule has 39 heavy (non-hydrogen) atoms. The van der Waals surface area contributed by atoms with E-state index in [1.807, 2.05) is 84.9 Å². The summed E-state index contributed by atoms with van der Waals surface area (Å²) in [5.74, 6) is -1.43. The van der Waals surface area contributed by atoms with Crippen molar-refractivity contribution in [3.8, 4) is 0 Å². The molecule has 2 heterocycles. The normalized spacial score (nSPS) is 23.2. The number of hydrogen-bond donors (Lipinski definition) is 2. The van der Waals surface area contributed by atoms with Crippen LogP contribution >= 0.6 is 0 Å². The predicted molar refractivity (Wildman–Crippen MR) is 147 cm³/mol. The first-order chi connectivity index (χ1) is 18.7. The van der Waals surface area contributed by atoms with E-state index in [1.54, 1.807) is 13.8 Å². The SMILES string of the molecule is CC1(C)[C@H](C(=O)OC(c2ccccc2)c2ccccc2)N2C(=O)[C@@H](NC(=O)Cc3ccc(CN)cc3)[C@H]2[S@@]1=O. The molecule has 0 aromatic heterocycles. The van der Waals surface area contributed by atoms with Crippen LogP contribution in [0.25, 0.3) is 0 Å². The second-order valence-corrected chi connectivity index (χ2v) is 12.5. The third-order valence-electron chi connectivity index (χ3n) is 7.36. The first-order valence-electron chi connectivity index (χ1n) is 12.8. The second kappa shape index (κ2) is 10.7. The summed E-state index contributed by atoms with van der Waals surface area (Å²) in [5, 5.41) is 1.93. The highest BCUT2D eigenvalue weighted by molar-refractivity contribution is 7.87. The molecule has 0 bridgehead atoms. The molecular weight excluding hydrogens is 514 g/mol. The summed E-state index contributed by atoms with van der Waals surface area (Å²) in [4.78, 5) is 41.0. The van der Waals surface area contributed by atoms with Gasteiger partial charge in [0.25, 0.3) is 0 Å². The fourth-order valence-corrected chi connectivity index (χ4v) is 7.16. The Morgan fingerprint density at radius 3 is 2.03 bits per heavy atom. The average molecular weight is 546 g/mol. The number of ether oxygens (including phenoxy) is 1. The highest BCUT2D eigenvalue weighted by Gasteiger charge is 2.68. The van der Waals surface area contributed by atoms with Crippen molar-refractivity contribution in [3.63, 3.8) is 0 Å². The van der Waals surface area contributed by atoms with E-state index in [1.165, 1.54) is 4.90 Å². The van der Waals surface area contributed by atoms with Crippen molar-refractivity contribution >= 4 is 28.6 Å². The summed E-state index contributed by atoms with van der Waals surface area (Å²) >= 11 is 0. The van der Waals surface area contributed by atoms with E-state index in [9.17, 15) is 18.6 Å². The molecule has 9 heteroatoms. The van der Waals surface area contributed by atoms with Gasteiger partial charge in [-0.05, 0) is 36.1 Å². The van der Waals surface area contributed by atoms with Crippen molar-refractivity contribution in [2.75, 3.05) is 0 Å². The zero-order chi connectivity index (χ0) is 27.7. The van der Waals surface area contributed by atoms with Crippen molar-refractivity contribution in [1.29, 1.82) is 0 Å². The summed E-state index contributed by atoms with van der Waals surface area (Å²) in [6.07, 6.45) is -0.626. The van der Waals surface area contributed by atoms with Gasteiger partial charge in [0, 0.05) is 6.54 Å². The summed E-state index contributed by atoms with van der Waals surface area (Å²) < 4.78 is 18.5. The quantitative estimate of drug-likeness (QED) is 0.332. The number of hydrogen-bond acceptors (Lipinski definition) is 6. The van der Waals surface area contributed by atoms with Crippen LogP contribution in [0.3, 0.4) is 0 Å². The number of nitrogens with two attached hydrogens (primary N) is 1. The summed E-state index contributed by atoms with van der Waals surface area (Å²) in [5.41, 5.74) is 8.92. The van der Waals surface area contributed by atoms with Crippen LogP contribution in [0, 0.1) is 0 Å². The molecule has 8 nitrogen and oxygen atoms in total. The van der Waals surface area contributed by atoms with Crippen LogP contribution in [0.4, 0.5) is 0 Å². The molecule has 2 amide bonds. The van der Waals surface area contributed by atoms with Crippen LogP contribution < -0.4 is 11.1 Å². The first kappa shape index (κ1) is 26.8. The van der Waals surface area contributed by atoms with E-state index in [0.717, 1.165) is 22.3 Å². The number of esters is 1. The minimum Gasteiger partial charge on any atom is -0.451 e. The monoisotopic (exact) mass is 545 g/mol. The van der Waals surface area contributed by atoms with Crippen LogP contribution in [0.15, 0.2) is 84.9 Å². The molecule has 3 aromatic carbocycles. The lowest BCUT2D eigenvalue weighted by Crippen LogP contribution is -2.71. The van der Waals surface area contributed by atoms with Crippen LogP contribution in [-0.2, 0) is 42.9 Å². The van der Waals surface area contributed by atoms with E-state index in [2.05, 4.69) is 5.32 Å². The van der Waals surface area contributed by atoms with Gasteiger partial charge in [-0.25, -0.2) is 4.79 Å². The summed E-state index contributed by atoms with van der Waals surface area (Å²) in [7, 11) is -1.62. The fraction of sp³-hybridized carbons (Fsp3) is 0.300. The molecule has 0 saturated carbocycles. The molecule has 0 aliphatic carbocycles. The summed E-state index contributed by atoms with van der Waals surface area (Å²) in [6.45, 7) is 3.79. The number of nitrogens with one attached hydrogen (secondary N) is 1. The highest BCUT2D eigenvalue weighted by atomic mass is 32.2. The molecule has 2 aliphatic heterocycles. The zero-order valence-corrected chi connectivity index (χ0v) is 22.6. The maximum atomic E-state index is 13.7. The Labute approximate surface area is 230 Å². The molecule has 0 radical (unpaired) electrons. The van der Waals surface area contributed by atoms with Gasteiger partial charge < -0.3 is 20.7 Å². The zero-order valence-electron chi connectivity index (χ0n) is 21.8. The van der Waals surface area contributed by atoms with Gasteiger partial charge in [0.1, 0.15) is 17.5 Å². The Hall–Kier alpha value is -3.82. The lowest BCUT2D eigenvalue weighted by Gasteiger charge is -2.43. The van der Waals surface area contributed by atoms with Crippen LogP contribution in [0.2, 0.25) is 0 Å². The molecule has 3 aromatic rings. The van der Waals surface area contributed by atoms with Crippen LogP contribution in [0.5, 0.6) is 0 Å². The molecule has 2 saturated heterocycles. The third kappa shape index (κ3) is 4.99. The van der Waals surface area contributed by atoms with Crippen molar-refractivity contribution in [3.05, 3.63) is 107 Å². The van der Waals surface area contributed by atoms with Gasteiger partial charge in [-0.3, -0.25) is 13.8 Å². The van der Waals surface area contributed by atoms with Gasteiger partial charge >= 0.3 is 5.97 Å². The molecule has 2 fully saturated rings. The predicted octanol–water partition coefficient (Wildman–Crippen LogP) is 2.58. The largest absolute Gasteiger partial charge is 0.451 e. The first-order valence-corrected chi connectivity index (χ1v) is 14.0. The summed E-state index contributed by atoms with van der Waals surface area (Å²) in [6, 6.07) is 24.0. The van der Waals surface area contributed by atoms with Gasteiger partial charge in [0.05, 0.1) is 22.0 Å². The third-order valence-corrected chi connectivity index (χ3v) is 9.55. The van der Waals surface area contributed by atoms with E-state index in [0.29, 0.717) is 6.54 Å². The van der Waals surface area contributed by atoms with E-state index in [-0.39, 0.29) is 12.3 Å². The Kier molecular flexibility index (Phi) is 7.38. The van der Waals surface area contributed by atoms with Crippen molar-refractivity contribution in [1.82, 2.24) is 10.2 Å². The topological polar surface area (TPSA) is 119 Å². The number of rotatable bonds is 8. The molecule has 0 unspecified atom stereocenters. The number of β-lactam (4-membered cyclic amide) rings is 1. The van der Waals surface area contributed by atoms with Crippen molar-refractivity contribution < 1.29 is 23.3 Å². The number of carbonyl (C=O) groups is 3. The number of benzene rings is 3. The minimum atomic E-state index is -1.62. The van der Waals surface area contributed by atoms with Gasteiger partial charge in [-0.15, -0.1) is 0 Å². The molecule has 2 aliphatic rings. The van der Waals surface area contributed by atoms with Crippen molar-refractivity contribution in [2.45, 2.75) is 55.1 Å². The maximum Gasteiger partial charge on any atom is 0.331 e. The maximum absolute atomic E-state index is 13.7. The molecule has 4 atom stereocenters. The van der Waals surface area contributed by atoms with E-state index >= 15 is 0 Å². The number of amides is 2. The molecule has 202 valence electrons. The Balaban J connectivity index is 1.33. The number of fused-ring (bicyclic) bond motifs is 1. The van der Waals surface area contributed by atoms with Gasteiger partial charge in [-0.2, -0.15) is 0 Å². The lowest BCUT2D eigenvalue weighted by molar-refractivity contribution is -0.166. The Bertz CT molecular complexity index is 1360. The van der Waals surface area contributed by atoms with Crippen molar-refractivity contribution in [2.24, 2.45) is 5.73 Å². The van der Waals surface area contributed by atoms with Crippen LogP contribution in [0.1, 0.15) is 42.2 Å². The van der Waals surface area contributed by atoms with Gasteiger partial charge in [0.15, 0.2) is 6.10 Å². The molecule has 3 N–H and O–H groups in total. The van der Waals surface area contributed by atoms with Gasteiger partial charge in [0.2, 0.25) is 11.8 Å². The van der Waals surface area contributed by atoms with E-state index < -0.39 is 51.0 Å². The van der Waals surface area contributed by atoms with Gasteiger partial charge in [-0.1, -0.05) is 84.9 Å². The fourth-order valence-electron chi connectivity index (χ4n) is 5.24. The standard InChI is InChI=1S/C30H31N3O5S/c1-30(2)26(29(36)38-25(21-9-5-3-6-10-21)22-11-7-4-8-12-22)33-27(35)24(28(33)39(30)37)32-23(34)17-19-13-15-20(18-31)16-14-19/h3-16,24-26,28H,17-18,31H2,1-2H3,(H,32,34)/t24-,26+,28-,39+/m1/s1. The lowest BCUT2D eigenvalue weighted by atomic mass is 9.95. The highest BCUT2D eigenvalue weighted by Crippen LogP contribution is 2.44. The molecule has 5 rings (SSSR count). The Morgan fingerprint density at radius 1 is 0.949 bits per heavy atom. The Morgan fingerprint density at radius 2 is 1.49 bits per heavy atom. The number of carbonyl (C=O) groups excluding carboxylic acids is 3. The van der Waals surface area contributed by atoms with Crippen LogP contribution in [-0.4, -0.2) is 49.1 Å². The average Bonchev–Trinajstić information content (AvgIpc) is 3.14. The smallest absolute Gasteiger partial charge is 0.331 e. The molecular formula is C30H31N3O5S. The minimum absolute atomic E-state index is 0.0681. The second-order valence-electron chi connectivity index (χ2n) is 10.3. The molecule has 0 spiro atoms. The number of nitrogens with zero attached hydrogens (tertiary/aromatic N) is 1.